The molecular weight excluding hydrogens is 280 g/mol. The van der Waals surface area contributed by atoms with Crippen LogP contribution >= 0.6 is 0 Å². The van der Waals surface area contributed by atoms with Crippen molar-refractivity contribution in [2.24, 2.45) is 0 Å². The molecule has 1 aromatic carbocycles. The highest BCUT2D eigenvalue weighted by molar-refractivity contribution is 5.46. The van der Waals surface area contributed by atoms with E-state index in [9.17, 15) is 5.11 Å². The summed E-state index contributed by atoms with van der Waals surface area (Å²) in [5, 5.41) is 12.7. The van der Waals surface area contributed by atoms with Gasteiger partial charge in [0.1, 0.15) is 0 Å². The van der Waals surface area contributed by atoms with E-state index in [1.807, 2.05) is 0 Å². The lowest BCUT2D eigenvalue weighted by molar-refractivity contribution is 0.343. The Bertz CT molecular complexity index is 430. The van der Waals surface area contributed by atoms with Gasteiger partial charge in [0.2, 0.25) is 0 Å². The predicted molar refractivity (Wildman–Crippen MR) is 101 cm³/mol. The molecule has 0 amide bonds. The zero-order chi connectivity index (χ0) is 17.3. The van der Waals surface area contributed by atoms with E-state index >= 15 is 0 Å². The van der Waals surface area contributed by atoms with Gasteiger partial charge in [0.15, 0.2) is 5.75 Å². The van der Waals surface area contributed by atoms with Crippen molar-refractivity contribution in [1.29, 1.82) is 0 Å². The number of rotatable bonds is 11. The van der Waals surface area contributed by atoms with Gasteiger partial charge in [0.05, 0.1) is 0 Å². The van der Waals surface area contributed by atoms with Gasteiger partial charge in [0.25, 0.3) is 0 Å². The number of hydrogen-bond acceptors (Lipinski definition) is 0. The lowest BCUT2D eigenvalue weighted by Crippen LogP contribution is -2.18. The first-order chi connectivity index (χ1) is 11.0. The molecule has 1 heteroatoms. The maximum Gasteiger partial charge on any atom is 0.185 e. The first-order valence-corrected chi connectivity index (χ1v) is 9.79. The van der Waals surface area contributed by atoms with E-state index < -0.39 is 0 Å². The molecule has 23 heavy (non-hydrogen) atoms. The average molecular weight is 318 g/mol. The van der Waals surface area contributed by atoms with E-state index in [-0.39, 0.29) is 5.41 Å². The molecule has 0 aliphatic heterocycles. The van der Waals surface area contributed by atoms with Crippen molar-refractivity contribution in [3.05, 3.63) is 28.8 Å². The Morgan fingerprint density at radius 1 is 0.783 bits per heavy atom. The highest BCUT2D eigenvalue weighted by atomic mass is 16.3. The lowest BCUT2D eigenvalue weighted by Gasteiger charge is -2.27. The van der Waals surface area contributed by atoms with Crippen LogP contribution in [-0.4, -0.2) is 0 Å². The van der Waals surface area contributed by atoms with Gasteiger partial charge in [-0.3, -0.25) is 5.11 Å². The summed E-state index contributed by atoms with van der Waals surface area (Å²) >= 11 is 0. The summed E-state index contributed by atoms with van der Waals surface area (Å²) < 4.78 is 0. The molecule has 0 N–H and O–H groups in total. The van der Waals surface area contributed by atoms with Crippen molar-refractivity contribution in [3.63, 3.8) is 0 Å². The minimum atomic E-state index is 0.171. The molecule has 0 aromatic heterocycles. The van der Waals surface area contributed by atoms with Crippen LogP contribution in [0.5, 0.6) is 5.75 Å². The van der Waals surface area contributed by atoms with E-state index in [0.29, 0.717) is 5.75 Å². The van der Waals surface area contributed by atoms with E-state index in [1.165, 1.54) is 31.2 Å². The second-order valence-corrected chi connectivity index (χ2v) is 7.67. The molecule has 0 bridgehead atoms. The Hall–Kier alpha value is -0.980. The number of benzene rings is 1. The van der Waals surface area contributed by atoms with Crippen LogP contribution in [0.4, 0.5) is 0 Å². The summed E-state index contributed by atoms with van der Waals surface area (Å²) in [6, 6.07) is 4.44. The minimum Gasteiger partial charge on any atom is -0.289 e. The van der Waals surface area contributed by atoms with Crippen molar-refractivity contribution in [2.45, 2.75) is 104 Å². The van der Waals surface area contributed by atoms with E-state index in [2.05, 4.69) is 46.8 Å². The molecule has 0 fully saturated rings. The molecule has 0 heterocycles. The fourth-order valence-corrected chi connectivity index (χ4v) is 3.21. The molecule has 0 aliphatic rings. The van der Waals surface area contributed by atoms with Gasteiger partial charge >= 0.3 is 0 Å². The van der Waals surface area contributed by atoms with Gasteiger partial charge in [-0.25, -0.2) is 0 Å². The number of unbranched alkanes of at least 4 members (excludes halogenated alkanes) is 4. The average Bonchev–Trinajstić information content (AvgIpc) is 2.52. The van der Waals surface area contributed by atoms with Crippen LogP contribution in [0.3, 0.4) is 0 Å². The third-order valence-corrected chi connectivity index (χ3v) is 5.03. The Morgan fingerprint density at radius 3 is 1.70 bits per heavy atom. The summed E-state index contributed by atoms with van der Waals surface area (Å²) in [6.45, 7) is 11.3. The zero-order valence-electron chi connectivity index (χ0n) is 16.1. The van der Waals surface area contributed by atoms with Gasteiger partial charge < -0.3 is 0 Å². The Morgan fingerprint density at radius 2 is 1.26 bits per heavy atom. The lowest BCUT2D eigenvalue weighted by atomic mass is 9.78. The first kappa shape index (κ1) is 20.1. The van der Waals surface area contributed by atoms with Crippen LogP contribution in [0.2, 0.25) is 0 Å². The molecule has 1 aromatic rings. The second-order valence-electron chi connectivity index (χ2n) is 7.67. The van der Waals surface area contributed by atoms with Crippen molar-refractivity contribution in [1.82, 2.24) is 0 Å². The second kappa shape index (κ2) is 10.0. The number of hydrogen-bond donors (Lipinski definition) is 0. The molecule has 0 aliphatic carbocycles. The van der Waals surface area contributed by atoms with Crippen LogP contribution in [0, 0.1) is 0 Å². The predicted octanol–water partition coefficient (Wildman–Crippen LogP) is 7.37. The van der Waals surface area contributed by atoms with Gasteiger partial charge in [0, 0.05) is 11.1 Å². The molecule has 1 rings (SSSR count). The quantitative estimate of drug-likeness (QED) is 0.379. The fourth-order valence-electron chi connectivity index (χ4n) is 3.21. The van der Waals surface area contributed by atoms with Gasteiger partial charge in [-0.15, -0.1) is 0 Å². The van der Waals surface area contributed by atoms with Crippen LogP contribution in [0.25, 0.3) is 0 Å². The van der Waals surface area contributed by atoms with Gasteiger partial charge in [-0.1, -0.05) is 78.9 Å². The molecule has 0 saturated carbocycles. The standard InChI is InChI=1S/C22H37O/c1-6-9-12-15-22(4,5)20-16-18(13-10-7-2)21(23)19(17-20)14-11-8-3/h16-17H,6-15H2,1-5H3. The Kier molecular flexibility index (Phi) is 8.73. The normalized spacial score (nSPS) is 11.9. The SMILES string of the molecule is CCCCCC(C)(C)c1cc(CCCC)c([O])c(CCCC)c1. The van der Waals surface area contributed by atoms with Crippen molar-refractivity contribution >= 4 is 0 Å². The third-order valence-electron chi connectivity index (χ3n) is 5.03. The van der Waals surface area contributed by atoms with Crippen LogP contribution in [0.1, 0.15) is 103 Å². The molecule has 1 radical (unpaired) electrons. The van der Waals surface area contributed by atoms with Crippen LogP contribution < -0.4 is 0 Å². The number of aryl methyl sites for hydroxylation is 2. The smallest absolute Gasteiger partial charge is 0.185 e. The van der Waals surface area contributed by atoms with Crippen LogP contribution in [0.15, 0.2) is 12.1 Å². The highest BCUT2D eigenvalue weighted by Crippen LogP contribution is 2.36. The van der Waals surface area contributed by atoms with Gasteiger partial charge in [-0.05, 0) is 43.1 Å². The molecule has 0 saturated heterocycles. The summed E-state index contributed by atoms with van der Waals surface area (Å²) in [7, 11) is 0. The van der Waals surface area contributed by atoms with Crippen molar-refractivity contribution in [3.8, 4) is 5.75 Å². The van der Waals surface area contributed by atoms with E-state index in [0.717, 1.165) is 49.7 Å². The molecule has 131 valence electrons. The third kappa shape index (κ3) is 6.20. The Balaban J connectivity index is 3.08. The van der Waals surface area contributed by atoms with Crippen LogP contribution in [-0.2, 0) is 23.4 Å². The largest absolute Gasteiger partial charge is 0.289 e. The minimum absolute atomic E-state index is 0.171. The molecule has 0 atom stereocenters. The maximum atomic E-state index is 12.7. The fraction of sp³-hybridized carbons (Fsp3) is 0.727. The topological polar surface area (TPSA) is 19.9 Å². The molecule has 1 nitrogen and oxygen atoms in total. The van der Waals surface area contributed by atoms with Gasteiger partial charge in [-0.2, -0.15) is 0 Å². The highest BCUT2D eigenvalue weighted by Gasteiger charge is 2.23. The zero-order valence-corrected chi connectivity index (χ0v) is 16.1. The molecule has 0 unspecified atom stereocenters. The summed E-state index contributed by atoms with van der Waals surface area (Å²) in [5.74, 6) is 0.319. The summed E-state index contributed by atoms with van der Waals surface area (Å²) in [6.07, 6.45) is 11.4. The summed E-state index contributed by atoms with van der Waals surface area (Å²) in [5.41, 5.74) is 3.66. The van der Waals surface area contributed by atoms with Crippen molar-refractivity contribution in [2.75, 3.05) is 0 Å². The Labute approximate surface area is 144 Å². The van der Waals surface area contributed by atoms with E-state index in [1.54, 1.807) is 0 Å². The van der Waals surface area contributed by atoms with Crippen molar-refractivity contribution < 1.29 is 5.11 Å². The molecular formula is C22H37O. The monoisotopic (exact) mass is 317 g/mol. The summed E-state index contributed by atoms with van der Waals surface area (Å²) in [4.78, 5) is 0. The maximum absolute atomic E-state index is 12.7. The van der Waals surface area contributed by atoms with E-state index in [4.69, 9.17) is 0 Å². The first-order valence-electron chi connectivity index (χ1n) is 9.79. The molecule has 0 spiro atoms.